The molecular weight excluding hydrogens is 310 g/mol. The molecule has 1 aromatic heterocycles. The van der Waals surface area contributed by atoms with Crippen LogP contribution in [0.2, 0.25) is 0 Å². The molecular formula is C14H24BrNOS. The zero-order chi connectivity index (χ0) is 13.6. The Labute approximate surface area is 123 Å². The molecule has 0 saturated carbocycles. The number of rotatable bonds is 8. The lowest BCUT2D eigenvalue weighted by Crippen LogP contribution is -2.51. The molecule has 0 aliphatic rings. The van der Waals surface area contributed by atoms with Gasteiger partial charge in [-0.05, 0) is 54.2 Å². The number of thiophene rings is 1. The molecule has 2 atom stereocenters. The molecule has 1 heterocycles. The van der Waals surface area contributed by atoms with Crippen LogP contribution in [0.25, 0.3) is 0 Å². The molecule has 1 N–H and O–H groups in total. The maximum atomic E-state index is 6.01. The van der Waals surface area contributed by atoms with Crippen LogP contribution in [0.15, 0.2) is 15.9 Å². The van der Waals surface area contributed by atoms with Gasteiger partial charge in [0.05, 0.1) is 5.60 Å². The third-order valence-electron chi connectivity index (χ3n) is 3.44. The summed E-state index contributed by atoms with van der Waals surface area (Å²) >= 11 is 5.42. The minimum absolute atomic E-state index is 0.103. The Morgan fingerprint density at radius 3 is 2.61 bits per heavy atom. The lowest BCUT2D eigenvalue weighted by molar-refractivity contribution is -0.0545. The summed E-state index contributed by atoms with van der Waals surface area (Å²) in [6.07, 6.45) is 2.03. The fraction of sp³-hybridized carbons (Fsp3) is 0.714. The van der Waals surface area contributed by atoms with Crippen LogP contribution in [-0.4, -0.2) is 24.8 Å². The van der Waals surface area contributed by atoms with Crippen LogP contribution in [0.3, 0.4) is 0 Å². The number of hydrogen-bond acceptors (Lipinski definition) is 3. The van der Waals surface area contributed by atoms with E-state index in [2.05, 4.69) is 60.4 Å². The van der Waals surface area contributed by atoms with Crippen molar-refractivity contribution in [1.82, 2.24) is 5.32 Å². The molecule has 0 saturated heterocycles. The summed E-state index contributed by atoms with van der Waals surface area (Å²) in [6.45, 7) is 10.4. The highest BCUT2D eigenvalue weighted by Gasteiger charge is 2.33. The second-order valence-corrected chi connectivity index (χ2v) is 6.46. The van der Waals surface area contributed by atoms with Gasteiger partial charge in [-0.3, -0.25) is 0 Å². The van der Waals surface area contributed by atoms with Gasteiger partial charge in [0, 0.05) is 28.4 Å². The maximum absolute atomic E-state index is 6.01. The Bertz CT molecular complexity index is 355. The molecule has 0 amide bonds. The molecule has 0 fully saturated rings. The third kappa shape index (κ3) is 4.05. The van der Waals surface area contributed by atoms with Crippen LogP contribution in [0.4, 0.5) is 0 Å². The normalized spacial score (nSPS) is 16.5. The zero-order valence-corrected chi connectivity index (χ0v) is 14.2. The van der Waals surface area contributed by atoms with E-state index in [1.54, 1.807) is 11.3 Å². The van der Waals surface area contributed by atoms with Gasteiger partial charge in [-0.15, -0.1) is 11.3 Å². The smallest absolute Gasteiger partial charge is 0.0807 e. The average molecular weight is 334 g/mol. The molecule has 0 aliphatic carbocycles. The summed E-state index contributed by atoms with van der Waals surface area (Å²) in [5.74, 6) is 0. The predicted octanol–water partition coefficient (Wildman–Crippen LogP) is 4.24. The van der Waals surface area contributed by atoms with Crippen molar-refractivity contribution in [2.24, 2.45) is 0 Å². The van der Waals surface area contributed by atoms with Crippen molar-refractivity contribution in [1.29, 1.82) is 0 Å². The van der Waals surface area contributed by atoms with Gasteiger partial charge in [-0.25, -0.2) is 0 Å². The van der Waals surface area contributed by atoms with Crippen LogP contribution in [0.5, 0.6) is 0 Å². The number of nitrogens with one attached hydrogen (secondary N) is 1. The minimum atomic E-state index is -0.103. The van der Waals surface area contributed by atoms with Crippen molar-refractivity contribution in [3.63, 3.8) is 0 Å². The first-order valence-electron chi connectivity index (χ1n) is 6.66. The zero-order valence-electron chi connectivity index (χ0n) is 11.8. The summed E-state index contributed by atoms with van der Waals surface area (Å²) in [7, 11) is 0. The predicted molar refractivity (Wildman–Crippen MR) is 83.5 cm³/mol. The molecule has 0 aliphatic heterocycles. The topological polar surface area (TPSA) is 21.3 Å². The lowest BCUT2D eigenvalue weighted by atomic mass is 9.90. The van der Waals surface area contributed by atoms with E-state index in [-0.39, 0.29) is 5.60 Å². The van der Waals surface area contributed by atoms with Crippen molar-refractivity contribution in [2.45, 2.75) is 52.2 Å². The quantitative estimate of drug-likeness (QED) is 0.768. The van der Waals surface area contributed by atoms with Crippen LogP contribution in [0, 0.1) is 0 Å². The molecule has 0 radical (unpaired) electrons. The first-order chi connectivity index (χ1) is 8.57. The van der Waals surface area contributed by atoms with E-state index in [9.17, 15) is 0 Å². The van der Waals surface area contributed by atoms with Gasteiger partial charge < -0.3 is 10.1 Å². The van der Waals surface area contributed by atoms with Gasteiger partial charge in [0.15, 0.2) is 0 Å². The van der Waals surface area contributed by atoms with Crippen LogP contribution >= 0.6 is 27.3 Å². The molecule has 1 aromatic rings. The Morgan fingerprint density at radius 2 is 2.17 bits per heavy atom. The highest BCUT2D eigenvalue weighted by molar-refractivity contribution is 9.10. The Balaban J connectivity index is 2.84. The number of likely N-dealkylation sites (N-methyl/N-ethyl adjacent to an activating group) is 1. The van der Waals surface area contributed by atoms with Crippen molar-refractivity contribution in [2.75, 3.05) is 13.2 Å². The Morgan fingerprint density at radius 1 is 1.44 bits per heavy atom. The van der Waals surface area contributed by atoms with E-state index in [1.807, 2.05) is 0 Å². The summed E-state index contributed by atoms with van der Waals surface area (Å²) in [5.41, 5.74) is -0.103. The SMILES string of the molecule is CCNC(Cc1sccc1Br)C(C)(CC)OCC. The van der Waals surface area contributed by atoms with Crippen molar-refractivity contribution >= 4 is 27.3 Å². The fourth-order valence-corrected chi connectivity index (χ4v) is 3.75. The van der Waals surface area contributed by atoms with Crippen molar-refractivity contribution in [3.05, 3.63) is 20.8 Å². The minimum Gasteiger partial charge on any atom is -0.374 e. The standard InChI is InChI=1S/C14H24BrNOS/c1-5-14(4,17-7-3)13(16-6-2)10-12-11(15)8-9-18-12/h8-9,13,16H,5-7,10H2,1-4H3. The fourth-order valence-electron chi connectivity index (χ4n) is 2.19. The lowest BCUT2D eigenvalue weighted by Gasteiger charge is -2.37. The van der Waals surface area contributed by atoms with E-state index in [0.717, 1.165) is 26.0 Å². The molecule has 18 heavy (non-hydrogen) atoms. The molecule has 1 rings (SSSR count). The summed E-state index contributed by atoms with van der Waals surface area (Å²) in [4.78, 5) is 1.39. The van der Waals surface area contributed by atoms with Gasteiger partial charge in [-0.2, -0.15) is 0 Å². The number of ether oxygens (including phenoxy) is 1. The first-order valence-corrected chi connectivity index (χ1v) is 8.33. The maximum Gasteiger partial charge on any atom is 0.0807 e. The molecule has 0 aromatic carbocycles. The molecule has 0 bridgehead atoms. The van der Waals surface area contributed by atoms with Crippen molar-refractivity contribution < 1.29 is 4.74 Å². The van der Waals surface area contributed by atoms with Gasteiger partial charge in [-0.1, -0.05) is 13.8 Å². The van der Waals surface area contributed by atoms with E-state index in [1.165, 1.54) is 9.35 Å². The Hall–Kier alpha value is 0.1000. The number of halogens is 1. The van der Waals surface area contributed by atoms with Crippen molar-refractivity contribution in [3.8, 4) is 0 Å². The van der Waals surface area contributed by atoms with E-state index < -0.39 is 0 Å². The van der Waals surface area contributed by atoms with Crippen LogP contribution in [0.1, 0.15) is 39.0 Å². The number of hydrogen-bond donors (Lipinski definition) is 1. The highest BCUT2D eigenvalue weighted by Crippen LogP contribution is 2.29. The van der Waals surface area contributed by atoms with E-state index in [4.69, 9.17) is 4.74 Å². The summed E-state index contributed by atoms with van der Waals surface area (Å²) in [6, 6.07) is 2.47. The summed E-state index contributed by atoms with van der Waals surface area (Å²) in [5, 5.41) is 5.72. The van der Waals surface area contributed by atoms with E-state index >= 15 is 0 Å². The van der Waals surface area contributed by atoms with Crippen LogP contribution < -0.4 is 5.32 Å². The summed E-state index contributed by atoms with van der Waals surface area (Å²) < 4.78 is 7.22. The second-order valence-electron chi connectivity index (χ2n) is 4.61. The molecule has 104 valence electrons. The largest absolute Gasteiger partial charge is 0.374 e. The monoisotopic (exact) mass is 333 g/mol. The van der Waals surface area contributed by atoms with Gasteiger partial charge in [0.1, 0.15) is 0 Å². The highest BCUT2D eigenvalue weighted by atomic mass is 79.9. The third-order valence-corrected chi connectivity index (χ3v) is 5.39. The van der Waals surface area contributed by atoms with Gasteiger partial charge in [0.2, 0.25) is 0 Å². The molecule has 2 nitrogen and oxygen atoms in total. The second kappa shape index (κ2) is 7.63. The Kier molecular flexibility index (Phi) is 6.85. The average Bonchev–Trinajstić information content (AvgIpc) is 2.75. The van der Waals surface area contributed by atoms with E-state index in [0.29, 0.717) is 6.04 Å². The molecule has 2 unspecified atom stereocenters. The first kappa shape index (κ1) is 16.2. The molecule has 0 spiro atoms. The molecule has 4 heteroatoms. The van der Waals surface area contributed by atoms with Gasteiger partial charge >= 0.3 is 0 Å². The van der Waals surface area contributed by atoms with Gasteiger partial charge in [0.25, 0.3) is 0 Å². The van der Waals surface area contributed by atoms with Crippen LogP contribution in [-0.2, 0) is 11.2 Å².